The molecule has 5 rings (SSSR count). The molecule has 0 radical (unpaired) electrons. The van der Waals surface area contributed by atoms with Crippen LogP contribution in [0.25, 0.3) is 28.3 Å². The van der Waals surface area contributed by atoms with Crippen molar-refractivity contribution in [1.82, 2.24) is 20.0 Å². The lowest BCUT2D eigenvalue weighted by molar-refractivity contribution is -0.116. The van der Waals surface area contributed by atoms with E-state index in [4.69, 9.17) is 30.0 Å². The maximum absolute atomic E-state index is 12.9. The first kappa shape index (κ1) is 28.7. The van der Waals surface area contributed by atoms with E-state index >= 15 is 0 Å². The zero-order valence-corrected chi connectivity index (χ0v) is 24.3. The first-order chi connectivity index (χ1) is 19.9. The number of hydrogen-bond donors (Lipinski definition) is 1. The summed E-state index contributed by atoms with van der Waals surface area (Å²) in [5.41, 5.74) is 4.27. The molecule has 41 heavy (non-hydrogen) atoms. The lowest BCUT2D eigenvalue weighted by atomic mass is 10.1. The number of para-hydroxylation sites is 1. The number of fused-ring (bicyclic) bond motifs is 1. The van der Waals surface area contributed by atoms with Gasteiger partial charge in [0.25, 0.3) is 0 Å². The fourth-order valence-electron chi connectivity index (χ4n) is 4.33. The molecule has 1 N–H and O–H groups in total. The minimum atomic E-state index is -3.21. The van der Waals surface area contributed by atoms with Crippen LogP contribution in [-0.2, 0) is 31.0 Å². The Morgan fingerprint density at radius 2 is 1.71 bits per heavy atom. The van der Waals surface area contributed by atoms with E-state index in [-0.39, 0.29) is 24.5 Å². The largest absolute Gasteiger partial charge is 0.426 e. The second kappa shape index (κ2) is 12.8. The first-order valence-electron chi connectivity index (χ1n) is 13.2. The molecule has 5 aromatic rings. The van der Waals surface area contributed by atoms with Gasteiger partial charge in [0, 0.05) is 29.1 Å². The second-order valence-electron chi connectivity index (χ2n) is 9.11. The van der Waals surface area contributed by atoms with Gasteiger partial charge in [-0.05, 0) is 55.8 Å². The SMILES string of the molecule is CCOP(=O)(Cc1ccc(NC(=O)CCc2oc(-n3nnc4ccccc43)nc2-c2ccc(Cl)cc2)cc1)OCC. The number of halogens is 1. The molecule has 0 unspecified atom stereocenters. The Kier molecular flexibility index (Phi) is 8.95. The molecule has 2 aromatic heterocycles. The van der Waals surface area contributed by atoms with Crippen LogP contribution in [-0.4, -0.2) is 39.1 Å². The predicted octanol–water partition coefficient (Wildman–Crippen LogP) is 7.07. The topological polar surface area (TPSA) is 121 Å². The van der Waals surface area contributed by atoms with Gasteiger partial charge in [-0.15, -0.1) is 5.10 Å². The lowest BCUT2D eigenvalue weighted by Crippen LogP contribution is -2.12. The molecule has 0 spiro atoms. The van der Waals surface area contributed by atoms with Crippen molar-refractivity contribution < 1.29 is 22.8 Å². The molecule has 0 saturated carbocycles. The van der Waals surface area contributed by atoms with Crippen molar-refractivity contribution in [2.75, 3.05) is 18.5 Å². The van der Waals surface area contributed by atoms with Gasteiger partial charge in [0.1, 0.15) is 17.0 Å². The molecule has 10 nitrogen and oxygen atoms in total. The number of anilines is 1. The van der Waals surface area contributed by atoms with Gasteiger partial charge in [0.2, 0.25) is 5.91 Å². The van der Waals surface area contributed by atoms with Gasteiger partial charge in [-0.3, -0.25) is 9.36 Å². The number of nitrogens with one attached hydrogen (secondary N) is 1. The smallest absolute Gasteiger partial charge is 0.335 e. The number of benzene rings is 3. The molecule has 212 valence electrons. The van der Waals surface area contributed by atoms with Crippen LogP contribution in [0.15, 0.2) is 77.2 Å². The van der Waals surface area contributed by atoms with Crippen LogP contribution in [0.4, 0.5) is 5.69 Å². The van der Waals surface area contributed by atoms with Crippen molar-refractivity contribution in [2.24, 2.45) is 0 Å². The molecule has 1 amide bonds. The monoisotopic (exact) mass is 593 g/mol. The Bertz CT molecular complexity index is 1670. The normalized spacial score (nSPS) is 11.7. The number of oxazole rings is 1. The summed E-state index contributed by atoms with van der Waals surface area (Å²) >= 11 is 6.09. The average molecular weight is 594 g/mol. The molecule has 0 aliphatic carbocycles. The Hall–Kier alpha value is -3.82. The van der Waals surface area contributed by atoms with Crippen molar-refractivity contribution >= 4 is 41.8 Å². The Balaban J connectivity index is 1.30. The van der Waals surface area contributed by atoms with Crippen LogP contribution in [0.2, 0.25) is 5.02 Å². The van der Waals surface area contributed by atoms with Crippen molar-refractivity contribution in [2.45, 2.75) is 32.9 Å². The molecule has 0 bridgehead atoms. The van der Waals surface area contributed by atoms with Crippen LogP contribution >= 0.6 is 19.2 Å². The summed E-state index contributed by atoms with van der Waals surface area (Å²) in [6.45, 7) is 4.15. The van der Waals surface area contributed by atoms with Crippen LogP contribution in [0.5, 0.6) is 0 Å². The van der Waals surface area contributed by atoms with E-state index in [2.05, 4.69) is 15.6 Å². The molecule has 0 atom stereocenters. The number of nitrogens with zero attached hydrogens (tertiary/aromatic N) is 4. The van der Waals surface area contributed by atoms with Crippen molar-refractivity contribution in [1.29, 1.82) is 0 Å². The van der Waals surface area contributed by atoms with Gasteiger partial charge in [-0.25, -0.2) is 0 Å². The Morgan fingerprint density at radius 1 is 1.00 bits per heavy atom. The summed E-state index contributed by atoms with van der Waals surface area (Å²) in [7, 11) is -3.21. The fraction of sp³-hybridized carbons (Fsp3) is 0.241. The Labute approximate surface area is 242 Å². The minimum Gasteiger partial charge on any atom is -0.426 e. The van der Waals surface area contributed by atoms with Crippen LogP contribution in [0, 0.1) is 0 Å². The third kappa shape index (κ3) is 6.92. The number of amides is 1. The molecular weight excluding hydrogens is 565 g/mol. The summed E-state index contributed by atoms with van der Waals surface area (Å²) in [4.78, 5) is 17.6. The molecule has 0 aliphatic rings. The van der Waals surface area contributed by atoms with Crippen molar-refractivity contribution in [3.05, 3.63) is 89.1 Å². The van der Waals surface area contributed by atoms with E-state index in [1.54, 1.807) is 50.2 Å². The summed E-state index contributed by atoms with van der Waals surface area (Å²) in [6, 6.07) is 22.1. The van der Waals surface area contributed by atoms with Gasteiger partial charge in [-0.2, -0.15) is 9.67 Å². The number of rotatable bonds is 12. The number of aromatic nitrogens is 4. The average Bonchev–Trinajstić information content (AvgIpc) is 3.58. The molecule has 0 aliphatic heterocycles. The summed E-state index contributed by atoms with van der Waals surface area (Å²) in [5.74, 6) is 0.341. The van der Waals surface area contributed by atoms with Crippen LogP contribution < -0.4 is 5.32 Å². The molecule has 0 fully saturated rings. The van der Waals surface area contributed by atoms with E-state index in [9.17, 15) is 9.36 Å². The highest BCUT2D eigenvalue weighted by molar-refractivity contribution is 7.53. The third-order valence-electron chi connectivity index (χ3n) is 6.18. The van der Waals surface area contributed by atoms with E-state index in [1.807, 2.05) is 36.4 Å². The number of carbonyl (C=O) groups excluding carboxylic acids is 1. The molecule has 2 heterocycles. The molecular formula is C29H29ClN5O5P. The highest BCUT2D eigenvalue weighted by Crippen LogP contribution is 2.51. The van der Waals surface area contributed by atoms with Gasteiger partial charge < -0.3 is 18.8 Å². The van der Waals surface area contributed by atoms with Crippen LogP contribution in [0.3, 0.4) is 0 Å². The van der Waals surface area contributed by atoms with Gasteiger partial charge >= 0.3 is 13.6 Å². The standard InChI is InChI=1S/C29H29ClN5O5P/c1-3-38-41(37,39-4-2)19-20-9-15-23(16-10-20)31-27(36)18-17-26-28(21-11-13-22(30)14-12-21)32-29(40-26)35-25-8-6-5-7-24(25)33-34-35/h5-16H,3-4,17-19H2,1-2H3,(H,31,36). The molecule has 0 saturated heterocycles. The highest BCUT2D eigenvalue weighted by Gasteiger charge is 2.24. The maximum Gasteiger partial charge on any atom is 0.335 e. The zero-order valence-electron chi connectivity index (χ0n) is 22.6. The molecule has 12 heteroatoms. The van der Waals surface area contributed by atoms with E-state index in [1.165, 1.54) is 4.68 Å². The Morgan fingerprint density at radius 3 is 2.41 bits per heavy atom. The quantitative estimate of drug-likeness (QED) is 0.152. The van der Waals surface area contributed by atoms with E-state index in [0.717, 1.165) is 16.6 Å². The highest BCUT2D eigenvalue weighted by atomic mass is 35.5. The van der Waals surface area contributed by atoms with Crippen LogP contribution in [0.1, 0.15) is 31.6 Å². The van der Waals surface area contributed by atoms with Gasteiger partial charge in [0.15, 0.2) is 0 Å². The molecule has 3 aromatic carbocycles. The first-order valence-corrected chi connectivity index (χ1v) is 15.3. The minimum absolute atomic E-state index is 0.152. The summed E-state index contributed by atoms with van der Waals surface area (Å²) < 4.78 is 31.2. The van der Waals surface area contributed by atoms with Crippen molar-refractivity contribution in [3.8, 4) is 17.3 Å². The fourth-order valence-corrected chi connectivity index (χ4v) is 6.16. The lowest BCUT2D eigenvalue weighted by Gasteiger charge is -2.17. The summed E-state index contributed by atoms with van der Waals surface area (Å²) in [6.07, 6.45) is 0.609. The second-order valence-corrected chi connectivity index (χ2v) is 11.6. The number of carbonyl (C=O) groups is 1. The maximum atomic E-state index is 12.9. The van der Waals surface area contributed by atoms with Gasteiger partial charge in [0.05, 0.1) is 24.9 Å². The van der Waals surface area contributed by atoms with E-state index in [0.29, 0.717) is 47.3 Å². The summed E-state index contributed by atoms with van der Waals surface area (Å²) in [5, 5.41) is 11.9. The number of hydrogen-bond acceptors (Lipinski definition) is 8. The van der Waals surface area contributed by atoms with Gasteiger partial charge in [-0.1, -0.05) is 53.2 Å². The zero-order chi connectivity index (χ0) is 28.8. The van der Waals surface area contributed by atoms with Crippen molar-refractivity contribution in [3.63, 3.8) is 0 Å². The third-order valence-corrected chi connectivity index (χ3v) is 8.49. The van der Waals surface area contributed by atoms with E-state index < -0.39 is 7.60 Å². The number of aryl methyl sites for hydroxylation is 1. The predicted molar refractivity (Wildman–Crippen MR) is 157 cm³/mol.